The molecule has 3 nitrogen and oxygen atoms in total. The minimum atomic E-state index is -0.722. The number of benzene rings is 2. The Morgan fingerprint density at radius 3 is 2.35 bits per heavy atom. The predicted molar refractivity (Wildman–Crippen MR) is 96.3 cm³/mol. The maximum atomic E-state index is 12.4. The van der Waals surface area contributed by atoms with Crippen molar-refractivity contribution in [1.29, 1.82) is 0 Å². The number of halogens is 4. The van der Waals surface area contributed by atoms with Gasteiger partial charge in [-0.3, -0.25) is 4.79 Å². The van der Waals surface area contributed by atoms with Crippen LogP contribution in [0.3, 0.4) is 0 Å². The topological polar surface area (TPSA) is 38.3 Å². The van der Waals surface area contributed by atoms with E-state index in [9.17, 15) is 4.79 Å². The summed E-state index contributed by atoms with van der Waals surface area (Å²) >= 11 is 23.9. The molecule has 1 atom stereocenters. The fraction of sp³-hybridized carbons (Fsp3) is 0.188. The molecule has 0 aromatic heterocycles. The van der Waals surface area contributed by atoms with Crippen molar-refractivity contribution in [3.63, 3.8) is 0 Å². The monoisotopic (exact) mass is 391 g/mol. The number of ether oxygens (including phenoxy) is 1. The van der Waals surface area contributed by atoms with E-state index in [-0.39, 0.29) is 5.91 Å². The molecule has 0 fully saturated rings. The van der Waals surface area contributed by atoms with Crippen LogP contribution in [0.25, 0.3) is 0 Å². The molecule has 7 heteroatoms. The number of hydrogen-bond acceptors (Lipinski definition) is 2. The molecule has 0 aliphatic heterocycles. The SMILES string of the molecule is CC[C@H](Oc1ccccc1Cl)C(=O)Nc1cc(Cl)c(Cl)cc1Cl. The van der Waals surface area contributed by atoms with Crippen molar-refractivity contribution in [3.8, 4) is 5.75 Å². The van der Waals surface area contributed by atoms with Crippen molar-refractivity contribution in [2.75, 3.05) is 5.32 Å². The molecule has 0 unspecified atom stereocenters. The normalized spacial score (nSPS) is 11.9. The smallest absolute Gasteiger partial charge is 0.265 e. The number of amides is 1. The number of rotatable bonds is 5. The van der Waals surface area contributed by atoms with Gasteiger partial charge >= 0.3 is 0 Å². The average Bonchev–Trinajstić information content (AvgIpc) is 2.51. The summed E-state index contributed by atoms with van der Waals surface area (Å²) in [5, 5.41) is 4.03. The molecule has 23 heavy (non-hydrogen) atoms. The average molecular weight is 393 g/mol. The Bertz CT molecular complexity index is 721. The second-order valence-corrected chi connectivity index (χ2v) is 6.31. The molecule has 1 amide bonds. The minimum Gasteiger partial charge on any atom is -0.479 e. The van der Waals surface area contributed by atoms with Crippen molar-refractivity contribution >= 4 is 58.0 Å². The number of para-hydroxylation sites is 1. The van der Waals surface area contributed by atoms with Crippen molar-refractivity contribution in [2.24, 2.45) is 0 Å². The first-order valence-corrected chi connectivity index (χ1v) is 8.30. The Labute approximate surface area is 154 Å². The van der Waals surface area contributed by atoms with Crippen LogP contribution in [0.1, 0.15) is 13.3 Å². The van der Waals surface area contributed by atoms with Crippen LogP contribution in [0.4, 0.5) is 5.69 Å². The fourth-order valence-corrected chi connectivity index (χ4v) is 2.62. The Kier molecular flexibility index (Phi) is 6.42. The number of nitrogens with one attached hydrogen (secondary N) is 1. The summed E-state index contributed by atoms with van der Waals surface area (Å²) in [6, 6.07) is 9.92. The maximum absolute atomic E-state index is 12.4. The van der Waals surface area contributed by atoms with Crippen LogP contribution in [0, 0.1) is 0 Å². The molecule has 0 spiro atoms. The van der Waals surface area contributed by atoms with Crippen molar-refractivity contribution in [1.82, 2.24) is 0 Å². The second kappa shape index (κ2) is 8.11. The third-order valence-corrected chi connectivity index (χ3v) is 4.38. The Hall–Kier alpha value is -1.13. The van der Waals surface area contributed by atoms with Gasteiger partial charge in [0.25, 0.3) is 5.91 Å². The Balaban J connectivity index is 2.15. The first kappa shape index (κ1) is 18.2. The van der Waals surface area contributed by atoms with Gasteiger partial charge in [0, 0.05) is 0 Å². The summed E-state index contributed by atoms with van der Waals surface area (Å²) < 4.78 is 5.68. The molecular formula is C16H13Cl4NO2. The molecule has 2 aromatic rings. The van der Waals surface area contributed by atoms with E-state index in [0.29, 0.717) is 37.9 Å². The molecule has 0 radical (unpaired) electrons. The molecule has 1 N–H and O–H groups in total. The van der Waals surface area contributed by atoms with E-state index in [0.717, 1.165) is 0 Å². The first-order chi connectivity index (χ1) is 10.9. The number of carbonyl (C=O) groups excluding carboxylic acids is 1. The van der Waals surface area contributed by atoms with Gasteiger partial charge in [0.2, 0.25) is 0 Å². The number of hydrogen-bond donors (Lipinski definition) is 1. The van der Waals surface area contributed by atoms with Gasteiger partial charge in [0.15, 0.2) is 6.10 Å². The van der Waals surface area contributed by atoms with Crippen molar-refractivity contribution in [3.05, 3.63) is 56.5 Å². The predicted octanol–water partition coefficient (Wildman–Crippen LogP) is 6.10. The van der Waals surface area contributed by atoms with Gasteiger partial charge < -0.3 is 10.1 Å². The summed E-state index contributed by atoms with van der Waals surface area (Å²) in [6.45, 7) is 1.83. The number of carbonyl (C=O) groups is 1. The molecule has 0 aliphatic carbocycles. The first-order valence-electron chi connectivity index (χ1n) is 6.79. The van der Waals surface area contributed by atoms with E-state index >= 15 is 0 Å². The molecule has 2 aromatic carbocycles. The molecule has 122 valence electrons. The van der Waals surface area contributed by atoms with Crippen LogP contribution in [0.5, 0.6) is 5.75 Å². The summed E-state index contributed by atoms with van der Waals surface area (Å²) in [5.74, 6) is 0.0871. The lowest BCUT2D eigenvalue weighted by Gasteiger charge is -2.18. The molecule has 2 rings (SSSR count). The highest BCUT2D eigenvalue weighted by molar-refractivity contribution is 6.44. The van der Waals surface area contributed by atoms with Gasteiger partial charge in [-0.1, -0.05) is 65.5 Å². The standard InChI is InChI=1S/C16H13Cl4NO2/c1-2-14(23-15-6-4-3-5-9(15)17)16(22)21-13-8-11(19)10(18)7-12(13)20/h3-8,14H,2H2,1H3,(H,21,22)/t14-/m0/s1. The van der Waals surface area contributed by atoms with Gasteiger partial charge in [-0.05, 0) is 30.7 Å². The molecule has 0 saturated carbocycles. The van der Waals surface area contributed by atoms with Gasteiger partial charge in [-0.15, -0.1) is 0 Å². The lowest BCUT2D eigenvalue weighted by molar-refractivity contribution is -0.122. The van der Waals surface area contributed by atoms with Crippen LogP contribution in [-0.2, 0) is 4.79 Å². The quantitative estimate of drug-likeness (QED) is 0.624. The van der Waals surface area contributed by atoms with E-state index in [4.69, 9.17) is 51.1 Å². The van der Waals surface area contributed by atoms with E-state index in [1.54, 1.807) is 24.3 Å². The molecule has 0 saturated heterocycles. The highest BCUT2D eigenvalue weighted by Crippen LogP contribution is 2.32. The Morgan fingerprint density at radius 1 is 1.04 bits per heavy atom. The zero-order valence-corrected chi connectivity index (χ0v) is 15.1. The van der Waals surface area contributed by atoms with Gasteiger partial charge in [-0.2, -0.15) is 0 Å². The summed E-state index contributed by atoms with van der Waals surface area (Å²) in [5.41, 5.74) is 0.368. The van der Waals surface area contributed by atoms with Gasteiger partial charge in [-0.25, -0.2) is 0 Å². The van der Waals surface area contributed by atoms with Gasteiger partial charge in [0.1, 0.15) is 5.75 Å². The molecule has 0 aliphatic rings. The third kappa shape index (κ3) is 4.67. The largest absolute Gasteiger partial charge is 0.479 e. The van der Waals surface area contributed by atoms with E-state index in [1.165, 1.54) is 12.1 Å². The third-order valence-electron chi connectivity index (χ3n) is 3.04. The Morgan fingerprint density at radius 2 is 1.70 bits per heavy atom. The number of anilines is 1. The minimum absolute atomic E-state index is 0.292. The van der Waals surface area contributed by atoms with E-state index in [1.807, 2.05) is 6.92 Å². The van der Waals surface area contributed by atoms with Crippen LogP contribution < -0.4 is 10.1 Å². The zero-order chi connectivity index (χ0) is 17.0. The van der Waals surface area contributed by atoms with Gasteiger partial charge in [0.05, 0.1) is 25.8 Å². The fourth-order valence-electron chi connectivity index (χ4n) is 1.85. The second-order valence-electron chi connectivity index (χ2n) is 4.68. The zero-order valence-electron chi connectivity index (χ0n) is 12.1. The molecule has 0 heterocycles. The highest BCUT2D eigenvalue weighted by atomic mass is 35.5. The van der Waals surface area contributed by atoms with Crippen LogP contribution in [-0.4, -0.2) is 12.0 Å². The highest BCUT2D eigenvalue weighted by Gasteiger charge is 2.21. The van der Waals surface area contributed by atoms with Crippen molar-refractivity contribution in [2.45, 2.75) is 19.4 Å². The maximum Gasteiger partial charge on any atom is 0.265 e. The van der Waals surface area contributed by atoms with Crippen LogP contribution in [0.2, 0.25) is 20.1 Å². The van der Waals surface area contributed by atoms with E-state index in [2.05, 4.69) is 5.32 Å². The summed E-state index contributed by atoms with van der Waals surface area (Å²) in [6.07, 6.45) is -0.267. The van der Waals surface area contributed by atoms with Crippen LogP contribution in [0.15, 0.2) is 36.4 Å². The molecular weight excluding hydrogens is 380 g/mol. The van der Waals surface area contributed by atoms with Crippen molar-refractivity contribution < 1.29 is 9.53 Å². The lowest BCUT2D eigenvalue weighted by Crippen LogP contribution is -2.32. The van der Waals surface area contributed by atoms with E-state index < -0.39 is 6.10 Å². The van der Waals surface area contributed by atoms with Crippen LogP contribution >= 0.6 is 46.4 Å². The lowest BCUT2D eigenvalue weighted by atomic mass is 10.2. The summed E-state index contributed by atoms with van der Waals surface area (Å²) in [7, 11) is 0. The molecule has 0 bridgehead atoms. The summed E-state index contributed by atoms with van der Waals surface area (Å²) in [4.78, 5) is 12.4.